The first-order chi connectivity index (χ1) is 12.2. The van der Waals surface area contributed by atoms with Gasteiger partial charge >= 0.3 is 33.9 Å². The summed E-state index contributed by atoms with van der Waals surface area (Å²) in [5.41, 5.74) is 2.46. The summed E-state index contributed by atoms with van der Waals surface area (Å²) in [5.74, 6) is 0.525. The summed E-state index contributed by atoms with van der Waals surface area (Å²) in [5, 5.41) is 0. The minimum absolute atomic E-state index is 0. The first kappa shape index (κ1) is 28.1. The Hall–Kier alpha value is -2.67. The number of Topliss-reactive ketones (excluding diaryl/α,β-unsaturated/α-hetero) is 1. The number of ketones is 1. The number of hydrogen-bond acceptors (Lipinski definition) is 3. The van der Waals surface area contributed by atoms with Gasteiger partial charge in [0, 0.05) is 34.1 Å². The third-order valence-corrected chi connectivity index (χ3v) is 2.98. The van der Waals surface area contributed by atoms with Gasteiger partial charge in [0.2, 0.25) is 0 Å². The molecule has 2 aromatic carbocycles. The maximum Gasteiger partial charge on any atom is 0 e. The molecule has 0 atom stereocenters. The van der Waals surface area contributed by atoms with Crippen LogP contribution in [0.1, 0.15) is 27.6 Å². The summed E-state index contributed by atoms with van der Waals surface area (Å²) in [4.78, 5) is 22.9. The van der Waals surface area contributed by atoms with Crippen molar-refractivity contribution in [3.05, 3.63) is 73.5 Å². The van der Waals surface area contributed by atoms with E-state index >= 15 is 0 Å². The van der Waals surface area contributed by atoms with Crippen LogP contribution in [0.2, 0.25) is 0 Å². The zero-order valence-corrected chi connectivity index (χ0v) is 15.3. The summed E-state index contributed by atoms with van der Waals surface area (Å²) in [6.45, 7) is 15.0. The maximum atomic E-state index is 11.8. The molecule has 6 nitrogen and oxygen atoms in total. The van der Waals surface area contributed by atoms with Crippen molar-refractivity contribution in [2.75, 3.05) is 7.11 Å². The summed E-state index contributed by atoms with van der Waals surface area (Å²) in [7, 11) is 1.55. The number of methoxy groups -OCH3 is 1. The molecule has 0 fully saturated rings. The van der Waals surface area contributed by atoms with E-state index in [0.29, 0.717) is 28.0 Å². The number of benzene rings is 2. The minimum atomic E-state index is -0.0606. The molecule has 0 heterocycles. The molecule has 0 amide bonds. The van der Waals surface area contributed by atoms with Gasteiger partial charge in [-0.05, 0) is 18.6 Å². The van der Waals surface area contributed by atoms with Crippen LogP contribution in [-0.4, -0.2) is 19.2 Å². The zero-order chi connectivity index (χ0) is 19.8. The quantitative estimate of drug-likeness (QED) is 0.346. The normalized spacial score (nSPS) is 7.54. The van der Waals surface area contributed by atoms with Crippen LogP contribution in [0.25, 0.3) is 11.1 Å². The second-order valence-electron chi connectivity index (χ2n) is 4.14. The van der Waals surface area contributed by atoms with E-state index in [9.17, 15) is 9.59 Å². The molecule has 0 aromatic heterocycles. The van der Waals surface area contributed by atoms with Crippen LogP contribution in [0, 0.1) is 20.0 Å². The van der Waals surface area contributed by atoms with Crippen LogP contribution < -0.4 is 4.74 Å². The van der Waals surface area contributed by atoms with E-state index in [1.54, 1.807) is 37.4 Å². The van der Waals surface area contributed by atoms with Gasteiger partial charge in [-0.1, -0.05) is 36.4 Å². The number of ether oxygens (including phenoxy) is 1. The summed E-state index contributed by atoms with van der Waals surface area (Å²) in [6, 6.07) is 12.4. The van der Waals surface area contributed by atoms with E-state index in [-0.39, 0.29) is 23.1 Å². The van der Waals surface area contributed by atoms with Gasteiger partial charge in [-0.2, -0.15) is 0 Å². The van der Waals surface area contributed by atoms with Crippen LogP contribution in [0.15, 0.2) is 42.5 Å². The Morgan fingerprint density at radius 1 is 0.962 bits per heavy atom. The van der Waals surface area contributed by atoms with Crippen LogP contribution in [0.4, 0.5) is 0 Å². The predicted molar refractivity (Wildman–Crippen MR) is 85.6 cm³/mol. The molecule has 132 valence electrons. The van der Waals surface area contributed by atoms with Crippen molar-refractivity contribution in [1.82, 2.24) is 0 Å². The van der Waals surface area contributed by atoms with Gasteiger partial charge in [0.15, 0.2) is 12.1 Å². The second-order valence-corrected chi connectivity index (χ2v) is 4.14. The van der Waals surface area contributed by atoms with Gasteiger partial charge in [0.1, 0.15) is 5.75 Å². The molecule has 7 heteroatoms. The Morgan fingerprint density at radius 2 is 1.50 bits per heavy atom. The van der Waals surface area contributed by atoms with Gasteiger partial charge in [-0.3, -0.25) is 9.59 Å². The summed E-state index contributed by atoms with van der Waals surface area (Å²) >= 11 is 0. The van der Waals surface area contributed by atoms with Gasteiger partial charge in [0.25, 0.3) is 0 Å². The van der Waals surface area contributed by atoms with E-state index in [0.717, 1.165) is 6.29 Å². The van der Waals surface area contributed by atoms with Crippen molar-refractivity contribution < 1.29 is 45.6 Å². The maximum absolute atomic E-state index is 11.8. The fourth-order valence-corrected chi connectivity index (χ4v) is 2.10. The molecule has 0 bridgehead atoms. The molecular weight excluding hydrogens is 376 g/mol. The standard InChI is InChI=1S/C16H14O3.3CO.Cr/c1-11(18)13-8-5-9-15(19-2)16(13)14-7-4-3-6-12(14)10-17;3*1-2;/h3-10H,1-2H3;;;;. The average Bonchev–Trinajstić information content (AvgIpc) is 2.71. The third kappa shape index (κ3) is 7.48. The van der Waals surface area contributed by atoms with Crippen LogP contribution in [-0.2, 0) is 31.3 Å². The van der Waals surface area contributed by atoms with Crippen molar-refractivity contribution in [2.24, 2.45) is 0 Å². The molecule has 0 spiro atoms. The molecular formula is C19H14CrO6. The Labute approximate surface area is 162 Å². The summed E-state index contributed by atoms with van der Waals surface area (Å²) in [6.07, 6.45) is 0.783. The molecule has 0 aliphatic carbocycles. The molecule has 2 rings (SSSR count). The van der Waals surface area contributed by atoms with E-state index < -0.39 is 0 Å². The van der Waals surface area contributed by atoms with Crippen LogP contribution in [0.3, 0.4) is 0 Å². The van der Waals surface area contributed by atoms with Crippen molar-refractivity contribution in [2.45, 2.75) is 6.92 Å². The Kier molecular flexibility index (Phi) is 18.6. The molecule has 0 saturated carbocycles. The topological polar surface area (TPSA) is 103 Å². The smallest absolute Gasteiger partial charge is 0 e. The Bertz CT molecular complexity index is 748. The fourth-order valence-electron chi connectivity index (χ4n) is 2.10. The average molecular weight is 390 g/mol. The van der Waals surface area contributed by atoms with Crippen molar-refractivity contribution >= 4 is 12.1 Å². The SMILES string of the molecule is COc1cccc(C(C)=O)c1-c1ccccc1C=O.[C-]#[O+].[C-]#[O+].[C-]#[O+].[Cr]. The first-order valence-corrected chi connectivity index (χ1v) is 6.52. The van der Waals surface area contributed by atoms with Crippen molar-refractivity contribution in [3.8, 4) is 16.9 Å². The molecule has 0 N–H and O–H groups in total. The van der Waals surface area contributed by atoms with E-state index in [4.69, 9.17) is 18.7 Å². The molecule has 0 unspecified atom stereocenters. The molecule has 0 saturated heterocycles. The number of hydrogen-bond donors (Lipinski definition) is 0. The van der Waals surface area contributed by atoms with Crippen LogP contribution >= 0.6 is 0 Å². The largest absolute Gasteiger partial charge is 0 e. The molecule has 0 aliphatic heterocycles. The Morgan fingerprint density at radius 3 is 1.96 bits per heavy atom. The fraction of sp³-hybridized carbons (Fsp3) is 0.105. The van der Waals surface area contributed by atoms with E-state index in [1.807, 2.05) is 12.1 Å². The van der Waals surface area contributed by atoms with Gasteiger partial charge in [-0.15, -0.1) is 0 Å². The molecule has 26 heavy (non-hydrogen) atoms. The monoisotopic (exact) mass is 390 g/mol. The molecule has 0 aliphatic rings. The number of carbonyl (C=O) groups excluding carboxylic acids is 2. The van der Waals surface area contributed by atoms with E-state index in [2.05, 4.69) is 20.0 Å². The van der Waals surface area contributed by atoms with Gasteiger partial charge in [-0.25, -0.2) is 0 Å². The predicted octanol–water partition coefficient (Wildman–Crippen LogP) is 3.26. The van der Waals surface area contributed by atoms with Crippen molar-refractivity contribution in [3.63, 3.8) is 0 Å². The minimum Gasteiger partial charge on any atom is 0 e. The first-order valence-electron chi connectivity index (χ1n) is 6.52. The second kappa shape index (κ2) is 17.2. The number of rotatable bonds is 4. The Balaban J connectivity index is -0.000000686. The van der Waals surface area contributed by atoms with Gasteiger partial charge in [0.05, 0.1) is 7.11 Å². The molecule has 2 aromatic rings. The summed E-state index contributed by atoms with van der Waals surface area (Å²) < 4.78 is 27.8. The zero-order valence-electron chi connectivity index (χ0n) is 14.0. The molecule has 0 radical (unpaired) electrons. The van der Waals surface area contributed by atoms with Crippen LogP contribution in [0.5, 0.6) is 5.75 Å². The van der Waals surface area contributed by atoms with Crippen molar-refractivity contribution in [1.29, 1.82) is 0 Å². The third-order valence-electron chi connectivity index (χ3n) is 2.98. The number of carbonyl (C=O) groups is 2. The van der Waals surface area contributed by atoms with E-state index in [1.165, 1.54) is 6.92 Å². The van der Waals surface area contributed by atoms with Gasteiger partial charge < -0.3 is 4.74 Å². The number of aldehydes is 1.